The van der Waals surface area contributed by atoms with Gasteiger partial charge in [0, 0.05) is 32.9 Å². The minimum atomic E-state index is 0.756. The fourth-order valence-electron chi connectivity index (χ4n) is 1.64. The summed E-state index contributed by atoms with van der Waals surface area (Å²) in [5.41, 5.74) is 2.61. The van der Waals surface area contributed by atoms with Crippen molar-refractivity contribution in [3.63, 3.8) is 0 Å². The van der Waals surface area contributed by atoms with E-state index in [2.05, 4.69) is 48.5 Å². The smallest absolute Gasteiger partial charge is 0.0637 e. The second kappa shape index (κ2) is 7.25. The van der Waals surface area contributed by atoms with Crippen LogP contribution in [0.1, 0.15) is 12.5 Å². The number of ether oxygens (including phenoxy) is 1. The molecule has 0 heterocycles. The van der Waals surface area contributed by atoms with Crippen molar-refractivity contribution in [1.82, 2.24) is 5.32 Å². The summed E-state index contributed by atoms with van der Waals surface area (Å²) in [6.07, 6.45) is 0. The molecule has 0 aromatic heterocycles. The molecule has 0 bridgehead atoms. The summed E-state index contributed by atoms with van der Waals surface area (Å²) in [6, 6.07) is 8.48. The Kier molecular flexibility index (Phi) is 5.90. The van der Waals surface area contributed by atoms with E-state index in [0.717, 1.165) is 26.2 Å². The van der Waals surface area contributed by atoms with Crippen molar-refractivity contribution in [2.24, 2.45) is 0 Å². The van der Waals surface area contributed by atoms with Crippen LogP contribution in [0.15, 0.2) is 24.3 Å². The lowest BCUT2D eigenvalue weighted by Crippen LogP contribution is -2.24. The van der Waals surface area contributed by atoms with E-state index in [4.69, 9.17) is 4.74 Å². The molecule has 1 aromatic carbocycles. The summed E-state index contributed by atoms with van der Waals surface area (Å²) in [6.45, 7) is 5.71. The van der Waals surface area contributed by atoms with Crippen molar-refractivity contribution in [2.75, 3.05) is 38.8 Å². The fourth-order valence-corrected chi connectivity index (χ4v) is 1.64. The molecule has 0 amide bonds. The first kappa shape index (κ1) is 13.0. The number of methoxy groups -OCH3 is 1. The summed E-state index contributed by atoms with van der Waals surface area (Å²) in [4.78, 5) is 2.23. The van der Waals surface area contributed by atoms with Gasteiger partial charge >= 0.3 is 0 Å². The molecule has 90 valence electrons. The van der Waals surface area contributed by atoms with Gasteiger partial charge in [-0.05, 0) is 18.2 Å². The quantitative estimate of drug-likeness (QED) is 0.762. The average molecular weight is 222 g/mol. The summed E-state index contributed by atoms with van der Waals surface area (Å²) in [5, 5.41) is 3.36. The number of anilines is 1. The van der Waals surface area contributed by atoms with Gasteiger partial charge in [0.2, 0.25) is 0 Å². The van der Waals surface area contributed by atoms with Gasteiger partial charge in [0.1, 0.15) is 0 Å². The summed E-state index contributed by atoms with van der Waals surface area (Å²) in [7, 11) is 3.84. The van der Waals surface area contributed by atoms with E-state index >= 15 is 0 Å². The van der Waals surface area contributed by atoms with Gasteiger partial charge in [-0.3, -0.25) is 0 Å². The highest BCUT2D eigenvalue weighted by Gasteiger charge is 2.05. The molecule has 0 unspecified atom stereocenters. The van der Waals surface area contributed by atoms with Crippen LogP contribution in [-0.2, 0) is 11.3 Å². The van der Waals surface area contributed by atoms with Gasteiger partial charge in [0.05, 0.1) is 6.61 Å². The highest BCUT2D eigenvalue weighted by molar-refractivity contribution is 5.52. The molecule has 1 aromatic rings. The van der Waals surface area contributed by atoms with Gasteiger partial charge in [-0.1, -0.05) is 25.1 Å². The Morgan fingerprint density at radius 1 is 1.31 bits per heavy atom. The molecule has 1 N–H and O–H groups in total. The van der Waals surface area contributed by atoms with Gasteiger partial charge in [-0.2, -0.15) is 0 Å². The number of nitrogens with zero attached hydrogens (tertiary/aromatic N) is 1. The van der Waals surface area contributed by atoms with Crippen LogP contribution < -0.4 is 10.2 Å². The Hall–Kier alpha value is -1.06. The molecule has 3 nitrogen and oxygen atoms in total. The van der Waals surface area contributed by atoms with E-state index in [9.17, 15) is 0 Å². The van der Waals surface area contributed by atoms with Gasteiger partial charge in [0.15, 0.2) is 0 Å². The molecule has 0 fully saturated rings. The molecule has 0 aliphatic carbocycles. The Bertz CT molecular complexity index is 302. The molecule has 0 radical (unpaired) electrons. The maximum Gasteiger partial charge on any atom is 0.0637 e. The van der Waals surface area contributed by atoms with E-state index in [1.54, 1.807) is 7.11 Å². The van der Waals surface area contributed by atoms with Gasteiger partial charge in [-0.25, -0.2) is 0 Å². The van der Waals surface area contributed by atoms with E-state index < -0.39 is 0 Å². The lowest BCUT2D eigenvalue weighted by molar-refractivity contribution is 0.206. The summed E-state index contributed by atoms with van der Waals surface area (Å²) >= 11 is 0. The maximum atomic E-state index is 5.10. The van der Waals surface area contributed by atoms with Gasteiger partial charge in [0.25, 0.3) is 0 Å². The first-order chi connectivity index (χ1) is 7.79. The predicted octanol–water partition coefficient (Wildman–Crippen LogP) is 1.88. The second-order valence-electron chi connectivity index (χ2n) is 3.82. The molecule has 3 heteroatoms. The van der Waals surface area contributed by atoms with Crippen molar-refractivity contribution in [3.8, 4) is 0 Å². The third-order valence-corrected chi connectivity index (χ3v) is 2.60. The zero-order valence-corrected chi connectivity index (χ0v) is 10.5. The Morgan fingerprint density at radius 2 is 2.06 bits per heavy atom. The average Bonchev–Trinajstić information content (AvgIpc) is 2.33. The number of nitrogens with one attached hydrogen (secondary N) is 1. The van der Waals surface area contributed by atoms with Crippen LogP contribution in [0.3, 0.4) is 0 Å². The van der Waals surface area contributed by atoms with Crippen LogP contribution in [0.2, 0.25) is 0 Å². The van der Waals surface area contributed by atoms with E-state index in [1.165, 1.54) is 11.3 Å². The molecule has 0 aliphatic rings. The van der Waals surface area contributed by atoms with Crippen molar-refractivity contribution >= 4 is 5.69 Å². The topological polar surface area (TPSA) is 24.5 Å². The van der Waals surface area contributed by atoms with Crippen molar-refractivity contribution in [2.45, 2.75) is 13.5 Å². The number of rotatable bonds is 7. The van der Waals surface area contributed by atoms with Crippen molar-refractivity contribution < 1.29 is 4.74 Å². The van der Waals surface area contributed by atoms with E-state index in [-0.39, 0.29) is 0 Å². The van der Waals surface area contributed by atoms with Crippen molar-refractivity contribution in [3.05, 3.63) is 29.8 Å². The zero-order chi connectivity index (χ0) is 11.8. The molecule has 0 atom stereocenters. The highest BCUT2D eigenvalue weighted by atomic mass is 16.5. The monoisotopic (exact) mass is 222 g/mol. The second-order valence-corrected chi connectivity index (χ2v) is 3.82. The maximum absolute atomic E-state index is 5.10. The molecule has 0 aliphatic heterocycles. The zero-order valence-electron chi connectivity index (χ0n) is 10.5. The SMILES string of the molecule is CCNCc1ccccc1N(C)CCOC. The first-order valence-electron chi connectivity index (χ1n) is 5.78. The van der Waals surface area contributed by atoms with Crippen molar-refractivity contribution in [1.29, 1.82) is 0 Å². The Balaban J connectivity index is 2.68. The minimum absolute atomic E-state index is 0.756. The molecule has 0 spiro atoms. The van der Waals surface area contributed by atoms with Crippen LogP contribution in [0.4, 0.5) is 5.69 Å². The summed E-state index contributed by atoms with van der Waals surface area (Å²) < 4.78 is 5.10. The molecule has 16 heavy (non-hydrogen) atoms. The number of hydrogen-bond donors (Lipinski definition) is 1. The number of likely N-dealkylation sites (N-methyl/N-ethyl adjacent to an activating group) is 1. The normalized spacial score (nSPS) is 10.4. The largest absolute Gasteiger partial charge is 0.383 e. The van der Waals surface area contributed by atoms with Crippen LogP contribution in [0.5, 0.6) is 0 Å². The highest BCUT2D eigenvalue weighted by Crippen LogP contribution is 2.18. The predicted molar refractivity (Wildman–Crippen MR) is 69.0 cm³/mol. The van der Waals surface area contributed by atoms with Crippen LogP contribution in [-0.4, -0.2) is 33.9 Å². The molecular formula is C13H22N2O. The molecule has 0 saturated heterocycles. The third kappa shape index (κ3) is 3.83. The van der Waals surface area contributed by atoms with Gasteiger partial charge in [-0.15, -0.1) is 0 Å². The number of benzene rings is 1. The number of para-hydroxylation sites is 1. The van der Waals surface area contributed by atoms with E-state index in [0.29, 0.717) is 0 Å². The van der Waals surface area contributed by atoms with Crippen LogP contribution in [0, 0.1) is 0 Å². The summed E-state index contributed by atoms with van der Waals surface area (Å²) in [5.74, 6) is 0. The number of hydrogen-bond acceptors (Lipinski definition) is 3. The molecule has 0 saturated carbocycles. The standard InChI is InChI=1S/C13H22N2O/c1-4-14-11-12-7-5-6-8-13(12)15(2)9-10-16-3/h5-8,14H,4,9-11H2,1-3H3. The van der Waals surface area contributed by atoms with Crippen LogP contribution >= 0.6 is 0 Å². The molecular weight excluding hydrogens is 200 g/mol. The first-order valence-corrected chi connectivity index (χ1v) is 5.78. The third-order valence-electron chi connectivity index (χ3n) is 2.60. The lowest BCUT2D eigenvalue weighted by atomic mass is 10.1. The van der Waals surface area contributed by atoms with Crippen LogP contribution in [0.25, 0.3) is 0 Å². The van der Waals surface area contributed by atoms with Gasteiger partial charge < -0.3 is 15.0 Å². The minimum Gasteiger partial charge on any atom is -0.383 e. The van der Waals surface area contributed by atoms with E-state index in [1.807, 2.05) is 0 Å². The lowest BCUT2D eigenvalue weighted by Gasteiger charge is -2.22. The fraction of sp³-hybridized carbons (Fsp3) is 0.538. The Morgan fingerprint density at radius 3 is 2.75 bits per heavy atom. The molecule has 1 rings (SSSR count). The Labute approximate surface area is 98.4 Å².